The van der Waals surface area contributed by atoms with Gasteiger partial charge in [-0.15, -0.1) is 0 Å². The van der Waals surface area contributed by atoms with E-state index in [0.29, 0.717) is 27.5 Å². The lowest BCUT2D eigenvalue weighted by atomic mass is 10.0. The molecule has 0 aliphatic heterocycles. The molecule has 3 aromatic carbocycles. The molecule has 0 N–H and O–H groups in total. The van der Waals surface area contributed by atoms with Crippen LogP contribution < -0.4 is 11.3 Å². The number of esters is 1. The van der Waals surface area contributed by atoms with Crippen LogP contribution in [0.5, 0.6) is 0 Å². The van der Waals surface area contributed by atoms with E-state index in [9.17, 15) is 14.4 Å². The second kappa shape index (κ2) is 7.00. The Morgan fingerprint density at radius 3 is 2.43 bits per heavy atom. The number of hydrogen-bond donors (Lipinski definition) is 0. The van der Waals surface area contributed by atoms with Gasteiger partial charge in [0.15, 0.2) is 0 Å². The number of carbonyl (C=O) groups is 1. The van der Waals surface area contributed by atoms with Crippen molar-refractivity contribution in [2.45, 2.75) is 6.61 Å². The van der Waals surface area contributed by atoms with Crippen LogP contribution in [0, 0.1) is 0 Å². The van der Waals surface area contributed by atoms with Gasteiger partial charge in [-0.1, -0.05) is 48.5 Å². The van der Waals surface area contributed by atoms with Crippen LogP contribution in [0.3, 0.4) is 0 Å². The van der Waals surface area contributed by atoms with Crippen molar-refractivity contribution in [3.8, 4) is 0 Å². The average molecular weight is 398 g/mol. The first-order valence-corrected chi connectivity index (χ1v) is 9.25. The molecule has 0 saturated carbocycles. The van der Waals surface area contributed by atoms with Gasteiger partial charge in [0.1, 0.15) is 23.3 Å². The monoisotopic (exact) mass is 398 g/mol. The predicted molar refractivity (Wildman–Crippen MR) is 112 cm³/mol. The predicted octanol–water partition coefficient (Wildman–Crippen LogP) is 4.41. The number of rotatable bonds is 3. The van der Waals surface area contributed by atoms with Crippen molar-refractivity contribution in [3.05, 3.63) is 105 Å². The lowest BCUT2D eigenvalue weighted by Gasteiger charge is -2.09. The van der Waals surface area contributed by atoms with Crippen LogP contribution in [0.4, 0.5) is 0 Å². The third-order valence-corrected chi connectivity index (χ3v) is 4.93. The summed E-state index contributed by atoms with van der Waals surface area (Å²) in [5.74, 6) is -0.823. The molecule has 0 fully saturated rings. The van der Waals surface area contributed by atoms with Gasteiger partial charge in [-0.2, -0.15) is 0 Å². The summed E-state index contributed by atoms with van der Waals surface area (Å²) < 4.78 is 15.9. The highest BCUT2D eigenvalue weighted by Gasteiger charge is 2.17. The first-order chi connectivity index (χ1) is 14.6. The van der Waals surface area contributed by atoms with Crippen molar-refractivity contribution in [2.75, 3.05) is 0 Å². The minimum Gasteiger partial charge on any atom is -0.457 e. The molecule has 146 valence electrons. The number of hydrogen-bond acceptors (Lipinski definition) is 6. The van der Waals surface area contributed by atoms with E-state index in [-0.39, 0.29) is 12.2 Å². The molecule has 0 radical (unpaired) electrons. The third-order valence-electron chi connectivity index (χ3n) is 4.93. The molecule has 2 heterocycles. The van der Waals surface area contributed by atoms with E-state index in [2.05, 4.69) is 0 Å². The molecule has 0 atom stereocenters. The SMILES string of the molecule is O=C(OCc1cc(=O)oc2ccc3ccccc3c12)c1cc2ccccc2oc1=O. The fourth-order valence-corrected chi connectivity index (χ4v) is 3.56. The van der Waals surface area contributed by atoms with Gasteiger partial charge in [0.25, 0.3) is 0 Å². The quantitative estimate of drug-likeness (QED) is 0.254. The lowest BCUT2D eigenvalue weighted by molar-refractivity contribution is 0.0469. The van der Waals surface area contributed by atoms with E-state index < -0.39 is 17.2 Å². The smallest absolute Gasteiger partial charge is 0.351 e. The second-order valence-electron chi connectivity index (χ2n) is 6.81. The molecule has 0 aliphatic rings. The fourth-order valence-electron chi connectivity index (χ4n) is 3.56. The van der Waals surface area contributed by atoms with Crippen molar-refractivity contribution in [1.29, 1.82) is 0 Å². The molecule has 5 aromatic rings. The van der Waals surface area contributed by atoms with E-state index in [1.807, 2.05) is 30.3 Å². The maximum Gasteiger partial charge on any atom is 0.351 e. The van der Waals surface area contributed by atoms with Crippen molar-refractivity contribution < 1.29 is 18.4 Å². The summed E-state index contributed by atoms with van der Waals surface area (Å²) in [6, 6.07) is 20.8. The highest BCUT2D eigenvalue weighted by atomic mass is 16.5. The molecule has 2 aromatic heterocycles. The normalized spacial score (nSPS) is 11.2. The average Bonchev–Trinajstić information content (AvgIpc) is 2.76. The number of fused-ring (bicyclic) bond motifs is 4. The van der Waals surface area contributed by atoms with Crippen molar-refractivity contribution in [2.24, 2.45) is 0 Å². The van der Waals surface area contributed by atoms with Gasteiger partial charge < -0.3 is 13.6 Å². The molecular weight excluding hydrogens is 384 g/mol. The summed E-state index contributed by atoms with van der Waals surface area (Å²) in [7, 11) is 0. The highest BCUT2D eigenvalue weighted by Crippen LogP contribution is 2.28. The molecule has 0 aliphatic carbocycles. The first-order valence-electron chi connectivity index (χ1n) is 9.25. The minimum atomic E-state index is -0.823. The van der Waals surface area contributed by atoms with Crippen LogP contribution in [-0.4, -0.2) is 5.97 Å². The van der Waals surface area contributed by atoms with E-state index in [1.165, 1.54) is 12.1 Å². The van der Waals surface area contributed by atoms with E-state index in [1.54, 1.807) is 30.3 Å². The number of para-hydroxylation sites is 1. The number of ether oxygens (including phenoxy) is 1. The zero-order valence-corrected chi connectivity index (χ0v) is 15.6. The summed E-state index contributed by atoms with van der Waals surface area (Å²) in [5.41, 5.74) is -0.243. The van der Waals surface area contributed by atoms with Crippen LogP contribution in [0.25, 0.3) is 32.7 Å². The van der Waals surface area contributed by atoms with E-state index >= 15 is 0 Å². The van der Waals surface area contributed by atoms with Crippen LogP contribution in [0.15, 0.2) is 91.2 Å². The maximum absolute atomic E-state index is 12.6. The third kappa shape index (κ3) is 3.04. The molecule has 0 spiro atoms. The Bertz CT molecular complexity index is 1560. The summed E-state index contributed by atoms with van der Waals surface area (Å²) in [6.45, 7) is -0.193. The summed E-state index contributed by atoms with van der Waals surface area (Å²) in [5, 5.41) is 3.13. The van der Waals surface area contributed by atoms with Gasteiger partial charge in [0.2, 0.25) is 0 Å². The van der Waals surface area contributed by atoms with Crippen molar-refractivity contribution >= 4 is 38.7 Å². The van der Waals surface area contributed by atoms with Crippen LogP contribution in [0.1, 0.15) is 15.9 Å². The standard InChI is InChI=1S/C24H14O6/c25-21-12-16(22-17-7-3-1-5-14(17)9-10-20(22)29-21)13-28-23(26)18-11-15-6-2-4-8-19(15)30-24(18)27/h1-12H,13H2. The van der Waals surface area contributed by atoms with Gasteiger partial charge in [-0.25, -0.2) is 14.4 Å². The zero-order valence-electron chi connectivity index (χ0n) is 15.6. The number of benzene rings is 3. The van der Waals surface area contributed by atoms with Gasteiger partial charge in [-0.05, 0) is 29.0 Å². The molecule has 0 unspecified atom stereocenters. The Morgan fingerprint density at radius 2 is 1.57 bits per heavy atom. The number of carbonyl (C=O) groups excluding carboxylic acids is 1. The topological polar surface area (TPSA) is 86.7 Å². The van der Waals surface area contributed by atoms with E-state index in [0.717, 1.165) is 10.8 Å². The van der Waals surface area contributed by atoms with E-state index in [4.69, 9.17) is 13.6 Å². The van der Waals surface area contributed by atoms with Crippen LogP contribution >= 0.6 is 0 Å². The zero-order chi connectivity index (χ0) is 20.7. The minimum absolute atomic E-state index is 0.193. The molecule has 0 amide bonds. The molecule has 0 bridgehead atoms. The summed E-state index contributed by atoms with van der Waals surface area (Å²) >= 11 is 0. The Balaban J connectivity index is 1.54. The Hall–Kier alpha value is -4.19. The lowest BCUT2D eigenvalue weighted by Crippen LogP contribution is -2.16. The molecule has 0 saturated heterocycles. The molecular formula is C24H14O6. The summed E-state index contributed by atoms with van der Waals surface area (Å²) in [6.07, 6.45) is 0. The van der Waals surface area contributed by atoms with Crippen molar-refractivity contribution in [1.82, 2.24) is 0 Å². The second-order valence-corrected chi connectivity index (χ2v) is 6.81. The Kier molecular flexibility index (Phi) is 4.17. The van der Waals surface area contributed by atoms with Crippen LogP contribution in [0.2, 0.25) is 0 Å². The van der Waals surface area contributed by atoms with Gasteiger partial charge in [-0.3, -0.25) is 0 Å². The molecule has 30 heavy (non-hydrogen) atoms. The Morgan fingerprint density at radius 1 is 0.800 bits per heavy atom. The highest BCUT2D eigenvalue weighted by molar-refractivity contribution is 6.07. The maximum atomic E-state index is 12.6. The van der Waals surface area contributed by atoms with Gasteiger partial charge in [0, 0.05) is 22.4 Å². The van der Waals surface area contributed by atoms with Crippen molar-refractivity contribution in [3.63, 3.8) is 0 Å². The van der Waals surface area contributed by atoms with Crippen LogP contribution in [-0.2, 0) is 11.3 Å². The largest absolute Gasteiger partial charge is 0.457 e. The summed E-state index contributed by atoms with van der Waals surface area (Å²) in [4.78, 5) is 36.8. The van der Waals surface area contributed by atoms with Gasteiger partial charge >= 0.3 is 17.2 Å². The Labute approximate surface area is 168 Å². The fraction of sp³-hybridized carbons (Fsp3) is 0.0417. The molecule has 5 rings (SSSR count). The first kappa shape index (κ1) is 17.9. The molecule has 6 nitrogen and oxygen atoms in total. The molecule has 6 heteroatoms. The van der Waals surface area contributed by atoms with Gasteiger partial charge in [0.05, 0.1) is 0 Å².